The average Bonchev–Trinajstić information content (AvgIpc) is 2.43. The Kier molecular flexibility index (Phi) is 5.77. The third-order valence-electron chi connectivity index (χ3n) is 2.69. The molecule has 0 aliphatic carbocycles. The van der Waals surface area contributed by atoms with E-state index in [4.69, 9.17) is 0 Å². The van der Waals surface area contributed by atoms with Crippen LogP contribution in [0.3, 0.4) is 0 Å². The van der Waals surface area contributed by atoms with Crippen LogP contribution in [0.25, 0.3) is 0 Å². The SMILES string of the molecule is CCCNC(=O)C(C)NC(=O)c1cc(F)ccc1[N+](=O)[O-]. The van der Waals surface area contributed by atoms with Crippen molar-refractivity contribution in [2.24, 2.45) is 0 Å². The van der Waals surface area contributed by atoms with Gasteiger partial charge >= 0.3 is 0 Å². The molecule has 0 heterocycles. The van der Waals surface area contributed by atoms with Gasteiger partial charge < -0.3 is 10.6 Å². The van der Waals surface area contributed by atoms with E-state index in [1.807, 2.05) is 6.92 Å². The summed E-state index contributed by atoms with van der Waals surface area (Å²) in [4.78, 5) is 33.6. The van der Waals surface area contributed by atoms with Crippen molar-refractivity contribution in [1.82, 2.24) is 10.6 Å². The molecule has 1 atom stereocenters. The number of hydrogen-bond donors (Lipinski definition) is 2. The fourth-order valence-corrected chi connectivity index (χ4v) is 1.59. The largest absolute Gasteiger partial charge is 0.354 e. The third kappa shape index (κ3) is 4.51. The summed E-state index contributed by atoms with van der Waals surface area (Å²) in [5.74, 6) is -2.06. The minimum atomic E-state index is -0.882. The van der Waals surface area contributed by atoms with Crippen LogP contribution in [-0.2, 0) is 4.79 Å². The van der Waals surface area contributed by atoms with Crippen LogP contribution in [-0.4, -0.2) is 29.3 Å². The zero-order chi connectivity index (χ0) is 16.0. The highest BCUT2D eigenvalue weighted by Crippen LogP contribution is 2.19. The Morgan fingerprint density at radius 2 is 2.10 bits per heavy atom. The second kappa shape index (κ2) is 7.32. The minimum Gasteiger partial charge on any atom is -0.354 e. The maximum atomic E-state index is 13.2. The van der Waals surface area contributed by atoms with E-state index in [0.717, 1.165) is 24.6 Å². The number of carbonyl (C=O) groups is 2. The smallest absolute Gasteiger partial charge is 0.282 e. The molecule has 2 N–H and O–H groups in total. The molecular formula is C13H16FN3O4. The van der Waals surface area contributed by atoms with E-state index in [1.165, 1.54) is 6.92 Å². The van der Waals surface area contributed by atoms with Crippen molar-refractivity contribution in [3.63, 3.8) is 0 Å². The summed E-state index contributed by atoms with van der Waals surface area (Å²) in [6.45, 7) is 3.77. The number of carbonyl (C=O) groups excluding carboxylic acids is 2. The summed E-state index contributed by atoms with van der Waals surface area (Å²) in [7, 11) is 0. The predicted octanol–water partition coefficient (Wildman–Crippen LogP) is 1.38. The first-order valence-corrected chi connectivity index (χ1v) is 6.39. The number of rotatable bonds is 6. The molecule has 0 radical (unpaired) electrons. The molecule has 1 aromatic carbocycles. The zero-order valence-corrected chi connectivity index (χ0v) is 11.7. The first kappa shape index (κ1) is 16.5. The summed E-state index contributed by atoms with van der Waals surface area (Å²) in [5.41, 5.74) is -0.940. The van der Waals surface area contributed by atoms with Gasteiger partial charge in [0.2, 0.25) is 5.91 Å². The third-order valence-corrected chi connectivity index (χ3v) is 2.69. The minimum absolute atomic E-state index is 0.413. The summed E-state index contributed by atoms with van der Waals surface area (Å²) < 4.78 is 13.2. The number of benzene rings is 1. The number of nitrogens with one attached hydrogen (secondary N) is 2. The number of nitro groups is 1. The van der Waals surface area contributed by atoms with E-state index in [2.05, 4.69) is 10.6 Å². The lowest BCUT2D eigenvalue weighted by atomic mass is 10.1. The van der Waals surface area contributed by atoms with Crippen molar-refractivity contribution in [1.29, 1.82) is 0 Å². The van der Waals surface area contributed by atoms with E-state index >= 15 is 0 Å². The van der Waals surface area contributed by atoms with Crippen molar-refractivity contribution < 1.29 is 18.9 Å². The van der Waals surface area contributed by atoms with E-state index in [0.29, 0.717) is 6.54 Å². The lowest BCUT2D eigenvalue weighted by molar-refractivity contribution is -0.385. The molecule has 21 heavy (non-hydrogen) atoms. The highest BCUT2D eigenvalue weighted by Gasteiger charge is 2.23. The van der Waals surface area contributed by atoms with Crippen molar-refractivity contribution >= 4 is 17.5 Å². The molecule has 0 saturated heterocycles. The zero-order valence-electron chi connectivity index (χ0n) is 11.7. The van der Waals surface area contributed by atoms with Crippen LogP contribution in [0.4, 0.5) is 10.1 Å². The van der Waals surface area contributed by atoms with Crippen LogP contribution in [0.5, 0.6) is 0 Å². The second-order valence-corrected chi connectivity index (χ2v) is 4.40. The van der Waals surface area contributed by atoms with E-state index < -0.39 is 39.8 Å². The average molecular weight is 297 g/mol. The highest BCUT2D eigenvalue weighted by molar-refractivity contribution is 6.00. The summed E-state index contributed by atoms with van der Waals surface area (Å²) in [6.07, 6.45) is 0.738. The fraction of sp³-hybridized carbons (Fsp3) is 0.385. The van der Waals surface area contributed by atoms with Gasteiger partial charge in [0.1, 0.15) is 17.4 Å². The van der Waals surface area contributed by atoms with Crippen LogP contribution in [0.15, 0.2) is 18.2 Å². The first-order valence-electron chi connectivity index (χ1n) is 6.39. The van der Waals surface area contributed by atoms with Gasteiger partial charge in [-0.25, -0.2) is 4.39 Å². The van der Waals surface area contributed by atoms with E-state index in [9.17, 15) is 24.1 Å². The first-order chi connectivity index (χ1) is 9.86. The Bertz CT molecular complexity index is 562. The number of nitro benzene ring substituents is 1. The van der Waals surface area contributed by atoms with Gasteiger partial charge in [0.05, 0.1) is 4.92 Å². The van der Waals surface area contributed by atoms with Gasteiger partial charge in [-0.3, -0.25) is 19.7 Å². The molecule has 0 fully saturated rings. The topological polar surface area (TPSA) is 101 Å². The lowest BCUT2D eigenvalue weighted by Crippen LogP contribution is -2.45. The van der Waals surface area contributed by atoms with Gasteiger partial charge in [0, 0.05) is 12.6 Å². The van der Waals surface area contributed by atoms with E-state index in [1.54, 1.807) is 0 Å². The predicted molar refractivity (Wildman–Crippen MR) is 73.3 cm³/mol. The molecule has 114 valence electrons. The number of halogens is 1. The maximum absolute atomic E-state index is 13.2. The van der Waals surface area contributed by atoms with Gasteiger partial charge in [-0.05, 0) is 25.5 Å². The number of nitrogens with zero attached hydrogens (tertiary/aromatic N) is 1. The van der Waals surface area contributed by atoms with Crippen LogP contribution in [0.1, 0.15) is 30.6 Å². The molecule has 8 heteroatoms. The number of hydrogen-bond acceptors (Lipinski definition) is 4. The molecule has 0 bridgehead atoms. The summed E-state index contributed by atoms with van der Waals surface area (Å²) >= 11 is 0. The molecule has 0 aromatic heterocycles. The molecule has 0 spiro atoms. The maximum Gasteiger partial charge on any atom is 0.282 e. The quantitative estimate of drug-likeness (QED) is 0.611. The standard InChI is InChI=1S/C13H16FN3O4/c1-3-6-15-12(18)8(2)16-13(19)10-7-9(14)4-5-11(10)17(20)21/h4-5,7-8H,3,6H2,1-2H3,(H,15,18)(H,16,19). The lowest BCUT2D eigenvalue weighted by Gasteiger charge is -2.13. The van der Waals surface area contributed by atoms with Crippen molar-refractivity contribution in [2.45, 2.75) is 26.3 Å². The Balaban J connectivity index is 2.87. The number of amides is 2. The Morgan fingerprint density at radius 1 is 1.43 bits per heavy atom. The van der Waals surface area contributed by atoms with Gasteiger partial charge in [-0.15, -0.1) is 0 Å². The fourth-order valence-electron chi connectivity index (χ4n) is 1.59. The monoisotopic (exact) mass is 297 g/mol. The van der Waals surface area contributed by atoms with Crippen LogP contribution >= 0.6 is 0 Å². The molecule has 0 saturated carbocycles. The Labute approximate surface area is 120 Å². The second-order valence-electron chi connectivity index (χ2n) is 4.40. The van der Waals surface area contributed by atoms with Crippen LogP contribution in [0.2, 0.25) is 0 Å². The van der Waals surface area contributed by atoms with E-state index in [-0.39, 0.29) is 0 Å². The molecule has 1 aromatic rings. The van der Waals surface area contributed by atoms with Gasteiger partial charge in [-0.2, -0.15) is 0 Å². The molecule has 7 nitrogen and oxygen atoms in total. The molecule has 0 aliphatic heterocycles. The van der Waals surface area contributed by atoms with Crippen molar-refractivity contribution in [2.75, 3.05) is 6.54 Å². The Hall–Kier alpha value is -2.51. The van der Waals surface area contributed by atoms with Crippen molar-refractivity contribution in [3.8, 4) is 0 Å². The highest BCUT2D eigenvalue weighted by atomic mass is 19.1. The molecule has 1 rings (SSSR count). The summed E-state index contributed by atoms with van der Waals surface area (Å²) in [5, 5.41) is 15.7. The van der Waals surface area contributed by atoms with Gasteiger partial charge in [0.15, 0.2) is 0 Å². The van der Waals surface area contributed by atoms with Gasteiger partial charge in [0.25, 0.3) is 11.6 Å². The van der Waals surface area contributed by atoms with Crippen LogP contribution < -0.4 is 10.6 Å². The molecule has 1 unspecified atom stereocenters. The normalized spacial score (nSPS) is 11.6. The molecule has 2 amide bonds. The van der Waals surface area contributed by atoms with Crippen LogP contribution in [0, 0.1) is 15.9 Å². The van der Waals surface area contributed by atoms with Crippen molar-refractivity contribution in [3.05, 3.63) is 39.7 Å². The van der Waals surface area contributed by atoms with Gasteiger partial charge in [-0.1, -0.05) is 6.92 Å². The molecular weight excluding hydrogens is 281 g/mol. The Morgan fingerprint density at radius 3 is 2.67 bits per heavy atom. The summed E-state index contributed by atoms with van der Waals surface area (Å²) in [6, 6.07) is 1.69. The molecule has 0 aliphatic rings.